The van der Waals surface area contributed by atoms with Crippen molar-refractivity contribution < 1.29 is 15.0 Å². The number of carbonyl (C=O) groups is 1. The summed E-state index contributed by atoms with van der Waals surface area (Å²) >= 11 is 0. The summed E-state index contributed by atoms with van der Waals surface area (Å²) in [6.07, 6.45) is 1.56. The second kappa shape index (κ2) is 7.31. The first-order valence-electron chi connectivity index (χ1n) is 7.65. The maximum atomic E-state index is 12.4. The van der Waals surface area contributed by atoms with Gasteiger partial charge in [0.1, 0.15) is 17.2 Å². The van der Waals surface area contributed by atoms with E-state index < -0.39 is 5.91 Å². The number of aliphatic imine (C=N–C) groups is 1. The molecule has 124 valence electrons. The highest BCUT2D eigenvalue weighted by Gasteiger charge is 2.11. The van der Waals surface area contributed by atoms with E-state index in [0.29, 0.717) is 16.9 Å². The van der Waals surface area contributed by atoms with Gasteiger partial charge in [-0.15, -0.1) is 0 Å². The van der Waals surface area contributed by atoms with Gasteiger partial charge >= 0.3 is 0 Å². The fourth-order valence-electron chi connectivity index (χ4n) is 2.29. The van der Waals surface area contributed by atoms with Crippen LogP contribution >= 0.6 is 0 Å². The number of carbonyl (C=O) groups excluding carboxylic acids is 1. The Morgan fingerprint density at radius 3 is 2.24 bits per heavy atom. The Morgan fingerprint density at radius 1 is 0.840 bits per heavy atom. The number of nitrogens with zero attached hydrogens (tertiary/aromatic N) is 1. The molecule has 0 heterocycles. The molecule has 0 atom stereocenters. The van der Waals surface area contributed by atoms with Crippen LogP contribution in [0.4, 0.5) is 11.4 Å². The van der Waals surface area contributed by atoms with Crippen molar-refractivity contribution in [3.63, 3.8) is 0 Å². The second-order valence-corrected chi connectivity index (χ2v) is 5.31. The summed E-state index contributed by atoms with van der Waals surface area (Å²) in [6, 6.07) is 20.2. The van der Waals surface area contributed by atoms with Gasteiger partial charge in [-0.3, -0.25) is 9.79 Å². The van der Waals surface area contributed by atoms with Crippen molar-refractivity contribution in [1.29, 1.82) is 0 Å². The molecule has 0 aromatic heterocycles. The molecule has 0 saturated carbocycles. The number of amides is 1. The van der Waals surface area contributed by atoms with Crippen LogP contribution in [0.15, 0.2) is 77.8 Å². The van der Waals surface area contributed by atoms with Crippen molar-refractivity contribution >= 4 is 23.5 Å². The molecule has 1 amide bonds. The molecule has 0 fully saturated rings. The summed E-state index contributed by atoms with van der Waals surface area (Å²) in [5.41, 5.74) is 1.85. The average Bonchev–Trinajstić information content (AvgIpc) is 2.62. The van der Waals surface area contributed by atoms with Crippen LogP contribution in [0.3, 0.4) is 0 Å². The summed E-state index contributed by atoms with van der Waals surface area (Å²) in [4.78, 5) is 16.6. The fourth-order valence-corrected chi connectivity index (χ4v) is 2.29. The van der Waals surface area contributed by atoms with Crippen molar-refractivity contribution in [2.75, 3.05) is 5.32 Å². The number of aromatic hydroxyl groups is 2. The van der Waals surface area contributed by atoms with E-state index in [9.17, 15) is 15.0 Å². The Balaban J connectivity index is 1.85. The van der Waals surface area contributed by atoms with Crippen LogP contribution in [0, 0.1) is 0 Å². The first-order valence-corrected chi connectivity index (χ1v) is 7.65. The SMILES string of the molecule is O=C(Nc1ccccc1C=Nc1ccccc1O)c1ccccc1O. The minimum atomic E-state index is -0.415. The molecule has 5 heteroatoms. The first kappa shape index (κ1) is 16.3. The predicted octanol–water partition coefficient (Wildman–Crippen LogP) is 4.10. The third-order valence-corrected chi connectivity index (χ3v) is 3.58. The molecule has 3 aromatic rings. The quantitative estimate of drug-likeness (QED) is 0.629. The van der Waals surface area contributed by atoms with E-state index in [1.807, 2.05) is 6.07 Å². The van der Waals surface area contributed by atoms with Crippen LogP contribution in [0.1, 0.15) is 15.9 Å². The molecule has 5 nitrogen and oxygen atoms in total. The van der Waals surface area contributed by atoms with Gasteiger partial charge in [0.05, 0.1) is 5.56 Å². The van der Waals surface area contributed by atoms with E-state index in [2.05, 4.69) is 10.3 Å². The van der Waals surface area contributed by atoms with Crippen molar-refractivity contribution in [3.8, 4) is 11.5 Å². The first-order chi connectivity index (χ1) is 12.1. The van der Waals surface area contributed by atoms with Crippen molar-refractivity contribution in [1.82, 2.24) is 0 Å². The molecule has 0 aliphatic carbocycles. The summed E-state index contributed by atoms with van der Waals surface area (Å²) in [7, 11) is 0. The number of phenolic OH excluding ortho intramolecular Hbond substituents is 2. The average molecular weight is 332 g/mol. The number of hydrogen-bond acceptors (Lipinski definition) is 4. The van der Waals surface area contributed by atoms with Gasteiger partial charge in [-0.25, -0.2) is 0 Å². The number of benzene rings is 3. The van der Waals surface area contributed by atoms with Gasteiger partial charge in [0.25, 0.3) is 5.91 Å². The molecule has 0 unspecified atom stereocenters. The molecule has 0 spiro atoms. The fraction of sp³-hybridized carbons (Fsp3) is 0. The number of hydrogen-bond donors (Lipinski definition) is 3. The number of para-hydroxylation sites is 4. The lowest BCUT2D eigenvalue weighted by Gasteiger charge is -2.09. The van der Waals surface area contributed by atoms with E-state index in [1.165, 1.54) is 6.07 Å². The summed E-state index contributed by atoms with van der Waals surface area (Å²) in [5.74, 6) is -0.420. The van der Waals surface area contributed by atoms with Gasteiger partial charge < -0.3 is 15.5 Å². The summed E-state index contributed by atoms with van der Waals surface area (Å²) < 4.78 is 0. The Morgan fingerprint density at radius 2 is 1.48 bits per heavy atom. The van der Waals surface area contributed by atoms with Crippen LogP contribution in [-0.4, -0.2) is 22.3 Å². The number of nitrogens with one attached hydrogen (secondary N) is 1. The van der Waals surface area contributed by atoms with Crippen LogP contribution < -0.4 is 5.32 Å². The third kappa shape index (κ3) is 3.84. The molecule has 0 radical (unpaired) electrons. The number of anilines is 1. The van der Waals surface area contributed by atoms with E-state index in [-0.39, 0.29) is 17.1 Å². The van der Waals surface area contributed by atoms with Crippen LogP contribution in [-0.2, 0) is 0 Å². The lowest BCUT2D eigenvalue weighted by molar-refractivity contribution is 0.102. The van der Waals surface area contributed by atoms with Crippen molar-refractivity contribution in [2.24, 2.45) is 4.99 Å². The summed E-state index contributed by atoms with van der Waals surface area (Å²) in [5, 5.41) is 22.3. The van der Waals surface area contributed by atoms with Gasteiger partial charge in [-0.05, 0) is 30.3 Å². The van der Waals surface area contributed by atoms with E-state index in [1.54, 1.807) is 66.9 Å². The van der Waals surface area contributed by atoms with Crippen LogP contribution in [0.5, 0.6) is 11.5 Å². The Bertz CT molecular complexity index is 935. The zero-order valence-electron chi connectivity index (χ0n) is 13.3. The molecular weight excluding hydrogens is 316 g/mol. The molecule has 3 rings (SSSR count). The van der Waals surface area contributed by atoms with Gasteiger partial charge in [0.15, 0.2) is 0 Å². The molecule has 3 N–H and O–H groups in total. The molecule has 0 aliphatic rings. The minimum Gasteiger partial charge on any atom is -0.507 e. The Hall–Kier alpha value is -3.60. The van der Waals surface area contributed by atoms with Gasteiger partial charge in [-0.2, -0.15) is 0 Å². The number of rotatable bonds is 4. The molecule has 3 aromatic carbocycles. The van der Waals surface area contributed by atoms with E-state index in [0.717, 1.165) is 0 Å². The zero-order valence-corrected chi connectivity index (χ0v) is 13.3. The Kier molecular flexibility index (Phi) is 4.76. The molecule has 25 heavy (non-hydrogen) atoms. The van der Waals surface area contributed by atoms with Crippen molar-refractivity contribution in [2.45, 2.75) is 0 Å². The summed E-state index contributed by atoms with van der Waals surface area (Å²) in [6.45, 7) is 0. The Labute approximate surface area is 144 Å². The van der Waals surface area contributed by atoms with Crippen molar-refractivity contribution in [3.05, 3.63) is 83.9 Å². The monoisotopic (exact) mass is 332 g/mol. The van der Waals surface area contributed by atoms with Crippen LogP contribution in [0.2, 0.25) is 0 Å². The topological polar surface area (TPSA) is 81.9 Å². The molecular formula is C20H16N2O3. The number of phenols is 2. The lowest BCUT2D eigenvalue weighted by Crippen LogP contribution is -2.13. The van der Waals surface area contributed by atoms with Gasteiger partial charge in [0.2, 0.25) is 0 Å². The second-order valence-electron chi connectivity index (χ2n) is 5.31. The molecule has 0 saturated heterocycles. The maximum Gasteiger partial charge on any atom is 0.259 e. The minimum absolute atomic E-state index is 0.0782. The normalized spacial score (nSPS) is 10.7. The largest absolute Gasteiger partial charge is 0.507 e. The molecule has 0 aliphatic heterocycles. The van der Waals surface area contributed by atoms with Gasteiger partial charge in [-0.1, -0.05) is 42.5 Å². The third-order valence-electron chi connectivity index (χ3n) is 3.58. The van der Waals surface area contributed by atoms with Crippen LogP contribution in [0.25, 0.3) is 0 Å². The lowest BCUT2D eigenvalue weighted by atomic mass is 10.1. The highest BCUT2D eigenvalue weighted by Crippen LogP contribution is 2.25. The predicted molar refractivity (Wildman–Crippen MR) is 97.9 cm³/mol. The van der Waals surface area contributed by atoms with E-state index >= 15 is 0 Å². The zero-order chi connectivity index (χ0) is 17.6. The highest BCUT2D eigenvalue weighted by molar-refractivity contribution is 6.08. The highest BCUT2D eigenvalue weighted by atomic mass is 16.3. The van der Waals surface area contributed by atoms with E-state index in [4.69, 9.17) is 0 Å². The standard InChI is InChI=1S/C20H16N2O3/c23-18-11-5-2-8-15(18)20(25)22-16-9-3-1-7-14(16)13-21-17-10-4-6-12-19(17)24/h1-13,23-24H,(H,22,25). The van der Waals surface area contributed by atoms with Gasteiger partial charge in [0, 0.05) is 17.5 Å². The maximum absolute atomic E-state index is 12.4. The smallest absolute Gasteiger partial charge is 0.259 e. The molecule has 0 bridgehead atoms.